The monoisotopic (exact) mass is 192 g/mol. The van der Waals surface area contributed by atoms with Crippen LogP contribution in [0.1, 0.15) is 12.8 Å². The number of aromatic hydroxyl groups is 1. The van der Waals surface area contributed by atoms with Crippen LogP contribution in [0.3, 0.4) is 0 Å². The van der Waals surface area contributed by atoms with Crippen molar-refractivity contribution in [3.63, 3.8) is 0 Å². The molecular weight excluding hydrogens is 180 g/mol. The van der Waals surface area contributed by atoms with Crippen LogP contribution in [0.25, 0.3) is 11.5 Å². The van der Waals surface area contributed by atoms with E-state index in [9.17, 15) is 10.2 Å². The highest BCUT2D eigenvalue weighted by Crippen LogP contribution is 2.13. The molecule has 14 heavy (non-hydrogen) atoms. The van der Waals surface area contributed by atoms with E-state index in [2.05, 4.69) is 0 Å². The van der Waals surface area contributed by atoms with Crippen molar-refractivity contribution in [2.24, 2.45) is 5.73 Å². The summed E-state index contributed by atoms with van der Waals surface area (Å²) in [6, 6.07) is 3.04. The third-order valence-corrected chi connectivity index (χ3v) is 2.46. The number of benzene rings is 1. The van der Waals surface area contributed by atoms with Gasteiger partial charge in [0.1, 0.15) is 11.5 Å². The first-order valence-corrected chi connectivity index (χ1v) is 4.39. The van der Waals surface area contributed by atoms with Gasteiger partial charge in [-0.25, -0.2) is 0 Å². The molecule has 0 aromatic heterocycles. The number of fused-ring (bicyclic) bond motifs is 1. The van der Waals surface area contributed by atoms with Crippen molar-refractivity contribution >= 4 is 17.1 Å². The summed E-state index contributed by atoms with van der Waals surface area (Å²) < 4.78 is 0. The van der Waals surface area contributed by atoms with Gasteiger partial charge in [0.15, 0.2) is 0 Å². The Morgan fingerprint density at radius 1 is 1.00 bits per heavy atom. The predicted octanol–water partition coefficient (Wildman–Crippen LogP) is -0.499. The van der Waals surface area contributed by atoms with Gasteiger partial charge in [0.25, 0.3) is 0 Å². The minimum Gasteiger partial charge on any atom is -0.512 e. The number of nitrogens with two attached hydrogens (primary N) is 2. The van der Waals surface area contributed by atoms with Crippen molar-refractivity contribution in [3.05, 3.63) is 22.6 Å². The van der Waals surface area contributed by atoms with Crippen molar-refractivity contribution in [2.45, 2.75) is 12.8 Å². The van der Waals surface area contributed by atoms with Gasteiger partial charge in [0.2, 0.25) is 0 Å². The minimum absolute atomic E-state index is 0.0225. The highest BCUT2D eigenvalue weighted by atomic mass is 16.3. The second-order valence-electron chi connectivity index (χ2n) is 3.40. The van der Waals surface area contributed by atoms with Gasteiger partial charge in [-0.2, -0.15) is 0 Å². The first kappa shape index (κ1) is 8.74. The molecule has 1 aliphatic carbocycles. The quantitative estimate of drug-likeness (QED) is 0.329. The summed E-state index contributed by atoms with van der Waals surface area (Å²) in [5.74, 6) is 0.174. The topological polar surface area (TPSA) is 92.5 Å². The summed E-state index contributed by atoms with van der Waals surface area (Å²) in [5.41, 5.74) is 12.6. The largest absolute Gasteiger partial charge is 0.512 e. The molecule has 1 aromatic rings. The van der Waals surface area contributed by atoms with Crippen LogP contribution in [0.15, 0.2) is 12.1 Å². The van der Waals surface area contributed by atoms with E-state index in [4.69, 9.17) is 11.5 Å². The van der Waals surface area contributed by atoms with Gasteiger partial charge in [-0.1, -0.05) is 0 Å². The summed E-state index contributed by atoms with van der Waals surface area (Å²) in [5, 5.41) is 20.1. The number of hydrogen-bond donors (Lipinski definition) is 4. The molecule has 0 aliphatic heterocycles. The molecule has 4 heteroatoms. The molecular formula is C10H12N2O2. The molecule has 1 aromatic carbocycles. The molecule has 0 fully saturated rings. The summed E-state index contributed by atoms with van der Waals surface area (Å²) in [7, 11) is 0. The van der Waals surface area contributed by atoms with Gasteiger partial charge in [0.05, 0.1) is 5.22 Å². The normalized spacial score (nSPS) is 15.4. The minimum atomic E-state index is 0.0225. The van der Waals surface area contributed by atoms with Crippen molar-refractivity contribution in [3.8, 4) is 5.75 Å². The Morgan fingerprint density at radius 3 is 2.36 bits per heavy atom. The highest BCUT2D eigenvalue weighted by molar-refractivity contribution is 5.62. The van der Waals surface area contributed by atoms with Gasteiger partial charge in [0, 0.05) is 23.0 Å². The van der Waals surface area contributed by atoms with Crippen LogP contribution in [0, 0.1) is 0 Å². The summed E-state index contributed by atoms with van der Waals surface area (Å²) >= 11 is 0. The molecule has 0 radical (unpaired) electrons. The van der Waals surface area contributed by atoms with Crippen LogP contribution in [-0.2, 0) is 0 Å². The smallest absolute Gasteiger partial charge is 0.126 e. The molecule has 0 heterocycles. The van der Waals surface area contributed by atoms with E-state index in [1.54, 1.807) is 6.07 Å². The third kappa shape index (κ3) is 1.08. The summed E-state index contributed by atoms with van der Waals surface area (Å²) in [4.78, 5) is 0. The molecule has 0 bridgehead atoms. The lowest BCUT2D eigenvalue weighted by Crippen LogP contribution is -2.37. The molecule has 0 saturated carbocycles. The van der Waals surface area contributed by atoms with Crippen molar-refractivity contribution < 1.29 is 10.2 Å². The van der Waals surface area contributed by atoms with Crippen molar-refractivity contribution in [1.82, 2.24) is 0 Å². The van der Waals surface area contributed by atoms with Crippen LogP contribution >= 0.6 is 0 Å². The molecule has 0 unspecified atom stereocenters. The van der Waals surface area contributed by atoms with Crippen molar-refractivity contribution in [2.75, 3.05) is 5.73 Å². The molecule has 74 valence electrons. The number of anilines is 1. The first-order chi connectivity index (χ1) is 6.61. The van der Waals surface area contributed by atoms with Gasteiger partial charge in [-0.05, 0) is 18.6 Å². The van der Waals surface area contributed by atoms with Crippen LogP contribution < -0.4 is 21.9 Å². The van der Waals surface area contributed by atoms with E-state index in [-0.39, 0.29) is 11.5 Å². The second-order valence-corrected chi connectivity index (χ2v) is 3.40. The van der Waals surface area contributed by atoms with E-state index in [0.717, 1.165) is 0 Å². The van der Waals surface area contributed by atoms with Crippen LogP contribution in [-0.4, -0.2) is 10.2 Å². The standard InChI is InChI=1S/C10H12N2O2/c11-5-1-3-7(13)10-8(14)4-2-6(12)9(5)10/h1,3,13-14H,2,4,11-12H2. The number of phenolic OH excluding ortho intramolecular Hbond substituents is 1. The first-order valence-electron chi connectivity index (χ1n) is 4.39. The van der Waals surface area contributed by atoms with Crippen LogP contribution in [0.2, 0.25) is 0 Å². The van der Waals surface area contributed by atoms with Gasteiger partial charge < -0.3 is 21.7 Å². The van der Waals surface area contributed by atoms with Gasteiger partial charge in [-0.15, -0.1) is 0 Å². The number of phenols is 1. The average Bonchev–Trinajstić information content (AvgIpc) is 2.16. The fraction of sp³-hybridized carbons (Fsp3) is 0.200. The van der Waals surface area contributed by atoms with Gasteiger partial charge in [-0.3, -0.25) is 0 Å². The maximum Gasteiger partial charge on any atom is 0.126 e. The molecule has 6 N–H and O–H groups in total. The Bertz CT molecular complexity index is 459. The van der Waals surface area contributed by atoms with E-state index < -0.39 is 0 Å². The lowest BCUT2D eigenvalue weighted by atomic mass is 10.0. The molecule has 2 rings (SSSR count). The zero-order valence-corrected chi connectivity index (χ0v) is 7.62. The fourth-order valence-corrected chi connectivity index (χ4v) is 1.75. The predicted molar refractivity (Wildman–Crippen MR) is 54.6 cm³/mol. The fourth-order valence-electron chi connectivity index (χ4n) is 1.75. The zero-order chi connectivity index (χ0) is 10.3. The molecule has 0 spiro atoms. The maximum atomic E-state index is 9.62. The third-order valence-electron chi connectivity index (χ3n) is 2.46. The van der Waals surface area contributed by atoms with E-state index in [1.165, 1.54) is 6.07 Å². The van der Waals surface area contributed by atoms with E-state index in [0.29, 0.717) is 34.7 Å². The van der Waals surface area contributed by atoms with E-state index >= 15 is 0 Å². The highest BCUT2D eigenvalue weighted by Gasteiger charge is 2.12. The molecule has 0 atom stereocenters. The van der Waals surface area contributed by atoms with E-state index in [1.807, 2.05) is 0 Å². The number of rotatable bonds is 0. The average molecular weight is 192 g/mol. The summed E-state index contributed by atoms with van der Waals surface area (Å²) in [6.07, 6.45) is 1.03. The number of aliphatic hydroxyl groups is 1. The van der Waals surface area contributed by atoms with Crippen LogP contribution in [0.4, 0.5) is 5.69 Å². The number of nitrogen functional groups attached to an aromatic ring is 1. The maximum absolute atomic E-state index is 9.62. The molecule has 0 saturated heterocycles. The Kier molecular flexibility index (Phi) is 1.77. The number of aliphatic hydroxyl groups excluding tert-OH is 1. The second kappa shape index (κ2) is 2.83. The summed E-state index contributed by atoms with van der Waals surface area (Å²) in [6.45, 7) is 0. The lowest BCUT2D eigenvalue weighted by Gasteiger charge is -2.12. The van der Waals surface area contributed by atoms with Crippen molar-refractivity contribution in [1.29, 1.82) is 0 Å². The van der Waals surface area contributed by atoms with Gasteiger partial charge >= 0.3 is 0 Å². The molecule has 1 aliphatic rings. The zero-order valence-electron chi connectivity index (χ0n) is 7.62. The Balaban J connectivity index is 3.07. The number of hydrogen-bond acceptors (Lipinski definition) is 4. The Morgan fingerprint density at radius 2 is 1.71 bits per heavy atom. The molecule has 4 nitrogen and oxygen atoms in total. The van der Waals surface area contributed by atoms with Crippen LogP contribution in [0.5, 0.6) is 5.75 Å². The SMILES string of the molecule is NC1=c2c(N)ccc(O)c2=C(O)CC1. The molecule has 0 amide bonds. The lowest BCUT2D eigenvalue weighted by molar-refractivity contribution is 0.448. The Labute approximate surface area is 80.8 Å². The Hall–Kier alpha value is -1.84.